The van der Waals surface area contributed by atoms with E-state index >= 15 is 0 Å². The lowest BCUT2D eigenvalue weighted by Crippen LogP contribution is -2.16. The standard InChI is InChI=1S/C13H15ClN2S/c1-15-11(12-7-8-13(14)17-12)6-5-10-4-2-3-9-16-10/h2-4,7-9,11,15H,5-6H2,1H3. The highest BCUT2D eigenvalue weighted by atomic mass is 35.5. The molecule has 2 rings (SSSR count). The smallest absolute Gasteiger partial charge is 0.0931 e. The molecule has 1 N–H and O–H groups in total. The predicted molar refractivity (Wildman–Crippen MR) is 73.7 cm³/mol. The van der Waals surface area contributed by atoms with E-state index in [0.717, 1.165) is 22.9 Å². The summed E-state index contributed by atoms with van der Waals surface area (Å²) in [5.74, 6) is 0. The van der Waals surface area contributed by atoms with Crippen LogP contribution in [0, 0.1) is 0 Å². The summed E-state index contributed by atoms with van der Waals surface area (Å²) >= 11 is 7.60. The Hall–Kier alpha value is -0.900. The molecule has 0 saturated heterocycles. The van der Waals surface area contributed by atoms with Crippen LogP contribution < -0.4 is 5.32 Å². The summed E-state index contributed by atoms with van der Waals surface area (Å²) in [6, 6.07) is 10.4. The van der Waals surface area contributed by atoms with E-state index < -0.39 is 0 Å². The van der Waals surface area contributed by atoms with Crippen LogP contribution in [-0.4, -0.2) is 12.0 Å². The number of pyridine rings is 1. The van der Waals surface area contributed by atoms with Gasteiger partial charge in [-0.15, -0.1) is 11.3 Å². The average molecular weight is 267 g/mol. The molecule has 0 aliphatic heterocycles. The van der Waals surface area contributed by atoms with E-state index in [-0.39, 0.29) is 0 Å². The summed E-state index contributed by atoms with van der Waals surface area (Å²) in [5.41, 5.74) is 1.13. The van der Waals surface area contributed by atoms with Crippen LogP contribution in [0.25, 0.3) is 0 Å². The van der Waals surface area contributed by atoms with Crippen LogP contribution in [0.3, 0.4) is 0 Å². The summed E-state index contributed by atoms with van der Waals surface area (Å²) in [4.78, 5) is 5.62. The Labute approximate surface area is 111 Å². The molecule has 0 bridgehead atoms. The number of nitrogens with one attached hydrogen (secondary N) is 1. The third-order valence-corrected chi connectivity index (χ3v) is 4.05. The first-order valence-corrected chi connectivity index (χ1v) is 6.81. The third kappa shape index (κ3) is 3.53. The zero-order valence-corrected chi connectivity index (χ0v) is 11.3. The zero-order valence-electron chi connectivity index (χ0n) is 9.69. The molecule has 0 aliphatic carbocycles. The Bertz CT molecular complexity index is 455. The lowest BCUT2D eigenvalue weighted by molar-refractivity contribution is 0.554. The van der Waals surface area contributed by atoms with E-state index in [1.165, 1.54) is 4.88 Å². The van der Waals surface area contributed by atoms with Crippen LogP contribution >= 0.6 is 22.9 Å². The van der Waals surface area contributed by atoms with Gasteiger partial charge in [-0.3, -0.25) is 4.98 Å². The minimum atomic E-state index is 0.356. The van der Waals surface area contributed by atoms with Gasteiger partial charge in [0.2, 0.25) is 0 Å². The van der Waals surface area contributed by atoms with Crippen molar-refractivity contribution >= 4 is 22.9 Å². The van der Waals surface area contributed by atoms with Gasteiger partial charge in [-0.05, 0) is 44.2 Å². The summed E-state index contributed by atoms with van der Waals surface area (Å²) in [5, 5.41) is 3.33. The predicted octanol–water partition coefficient (Wildman–Crippen LogP) is 3.69. The second-order valence-electron chi connectivity index (χ2n) is 3.84. The Morgan fingerprint density at radius 1 is 1.35 bits per heavy atom. The highest BCUT2D eigenvalue weighted by molar-refractivity contribution is 7.16. The molecule has 1 atom stereocenters. The first kappa shape index (κ1) is 12.6. The maximum absolute atomic E-state index is 5.96. The van der Waals surface area contributed by atoms with E-state index in [2.05, 4.69) is 22.4 Å². The van der Waals surface area contributed by atoms with Gasteiger partial charge < -0.3 is 5.32 Å². The van der Waals surface area contributed by atoms with Gasteiger partial charge in [-0.1, -0.05) is 17.7 Å². The molecule has 0 fully saturated rings. The van der Waals surface area contributed by atoms with Crippen molar-refractivity contribution in [3.05, 3.63) is 51.4 Å². The molecule has 2 aromatic rings. The van der Waals surface area contributed by atoms with Gasteiger partial charge >= 0.3 is 0 Å². The molecule has 0 saturated carbocycles. The molecule has 2 nitrogen and oxygen atoms in total. The molecule has 0 aromatic carbocycles. The lowest BCUT2D eigenvalue weighted by Gasteiger charge is -2.13. The molecule has 0 amide bonds. The number of hydrogen-bond donors (Lipinski definition) is 1. The Morgan fingerprint density at radius 2 is 2.24 bits per heavy atom. The van der Waals surface area contributed by atoms with Gasteiger partial charge in [0.05, 0.1) is 4.34 Å². The number of halogens is 1. The molecule has 90 valence electrons. The molecular weight excluding hydrogens is 252 g/mol. The normalized spacial score (nSPS) is 12.6. The van der Waals surface area contributed by atoms with Crippen molar-refractivity contribution < 1.29 is 0 Å². The van der Waals surface area contributed by atoms with Crippen molar-refractivity contribution in [3.63, 3.8) is 0 Å². The van der Waals surface area contributed by atoms with Crippen LogP contribution in [-0.2, 0) is 6.42 Å². The van der Waals surface area contributed by atoms with Crippen molar-refractivity contribution in [2.75, 3.05) is 7.05 Å². The molecule has 2 heterocycles. The van der Waals surface area contributed by atoms with Gasteiger partial charge in [-0.25, -0.2) is 0 Å². The minimum absolute atomic E-state index is 0.356. The van der Waals surface area contributed by atoms with Crippen LogP contribution in [0.15, 0.2) is 36.5 Å². The molecule has 0 radical (unpaired) electrons. The van der Waals surface area contributed by atoms with Crippen LogP contribution in [0.1, 0.15) is 23.0 Å². The first-order chi connectivity index (χ1) is 8.29. The number of aryl methyl sites for hydroxylation is 1. The molecular formula is C13H15ClN2S. The molecule has 2 aromatic heterocycles. The summed E-state index contributed by atoms with van der Waals surface area (Å²) < 4.78 is 0.845. The molecule has 0 spiro atoms. The fourth-order valence-electron chi connectivity index (χ4n) is 1.78. The van der Waals surface area contributed by atoms with Crippen LogP contribution in [0.4, 0.5) is 0 Å². The van der Waals surface area contributed by atoms with Crippen LogP contribution in [0.2, 0.25) is 4.34 Å². The van der Waals surface area contributed by atoms with E-state index in [1.807, 2.05) is 31.4 Å². The average Bonchev–Trinajstić information content (AvgIpc) is 2.78. The number of thiophene rings is 1. The van der Waals surface area contributed by atoms with Gasteiger partial charge in [-0.2, -0.15) is 0 Å². The highest BCUT2D eigenvalue weighted by Gasteiger charge is 2.11. The van der Waals surface area contributed by atoms with E-state index in [0.29, 0.717) is 6.04 Å². The maximum Gasteiger partial charge on any atom is 0.0931 e. The number of hydrogen-bond acceptors (Lipinski definition) is 3. The lowest BCUT2D eigenvalue weighted by atomic mass is 10.1. The van der Waals surface area contributed by atoms with Crippen molar-refractivity contribution in [1.82, 2.24) is 10.3 Å². The maximum atomic E-state index is 5.96. The number of rotatable bonds is 5. The molecule has 4 heteroatoms. The van der Waals surface area contributed by atoms with E-state index in [9.17, 15) is 0 Å². The van der Waals surface area contributed by atoms with Crippen molar-refractivity contribution in [2.24, 2.45) is 0 Å². The molecule has 1 unspecified atom stereocenters. The Kier molecular flexibility index (Phi) is 4.54. The SMILES string of the molecule is CNC(CCc1ccccn1)c1ccc(Cl)s1. The Morgan fingerprint density at radius 3 is 2.82 bits per heavy atom. The summed E-state index contributed by atoms with van der Waals surface area (Å²) in [6.07, 6.45) is 3.85. The summed E-state index contributed by atoms with van der Waals surface area (Å²) in [7, 11) is 1.98. The van der Waals surface area contributed by atoms with Crippen LogP contribution in [0.5, 0.6) is 0 Å². The molecule has 17 heavy (non-hydrogen) atoms. The van der Waals surface area contributed by atoms with E-state index in [1.54, 1.807) is 11.3 Å². The number of nitrogens with zero attached hydrogens (tertiary/aromatic N) is 1. The second kappa shape index (κ2) is 6.15. The largest absolute Gasteiger partial charge is 0.312 e. The summed E-state index contributed by atoms with van der Waals surface area (Å²) in [6.45, 7) is 0. The van der Waals surface area contributed by atoms with Crippen molar-refractivity contribution in [1.29, 1.82) is 0 Å². The molecule has 0 aliphatic rings. The quantitative estimate of drug-likeness (QED) is 0.893. The third-order valence-electron chi connectivity index (χ3n) is 2.70. The van der Waals surface area contributed by atoms with Crippen molar-refractivity contribution in [2.45, 2.75) is 18.9 Å². The van der Waals surface area contributed by atoms with E-state index in [4.69, 9.17) is 11.6 Å². The van der Waals surface area contributed by atoms with Crippen molar-refractivity contribution in [3.8, 4) is 0 Å². The number of aromatic nitrogens is 1. The monoisotopic (exact) mass is 266 g/mol. The minimum Gasteiger partial charge on any atom is -0.312 e. The Balaban J connectivity index is 1.97. The zero-order chi connectivity index (χ0) is 12.1. The second-order valence-corrected chi connectivity index (χ2v) is 5.59. The fraction of sp³-hybridized carbons (Fsp3) is 0.308. The van der Waals surface area contributed by atoms with Gasteiger partial charge in [0.25, 0.3) is 0 Å². The van der Waals surface area contributed by atoms with Gasteiger partial charge in [0.15, 0.2) is 0 Å². The van der Waals surface area contributed by atoms with Gasteiger partial charge in [0, 0.05) is 22.8 Å². The first-order valence-electron chi connectivity index (χ1n) is 5.62. The highest BCUT2D eigenvalue weighted by Crippen LogP contribution is 2.29. The fourth-order valence-corrected chi connectivity index (χ4v) is 2.99. The topological polar surface area (TPSA) is 24.9 Å². The van der Waals surface area contributed by atoms with Gasteiger partial charge in [0.1, 0.15) is 0 Å².